The minimum absolute atomic E-state index is 0.908. The third kappa shape index (κ3) is 2.53. The van der Waals surface area contributed by atoms with Gasteiger partial charge in [0.05, 0.1) is 0 Å². The van der Waals surface area contributed by atoms with Crippen molar-refractivity contribution in [1.29, 1.82) is 0 Å². The molecule has 0 radical (unpaired) electrons. The van der Waals surface area contributed by atoms with Gasteiger partial charge in [0.1, 0.15) is 0 Å². The van der Waals surface area contributed by atoms with Crippen LogP contribution in [0.15, 0.2) is 29.2 Å². The predicted molar refractivity (Wildman–Crippen MR) is 62.3 cm³/mol. The second-order valence-corrected chi connectivity index (χ2v) is 4.34. The highest BCUT2D eigenvalue weighted by Gasteiger charge is 2.08. The summed E-state index contributed by atoms with van der Waals surface area (Å²) < 4.78 is 0. The zero-order valence-corrected chi connectivity index (χ0v) is 8.88. The van der Waals surface area contributed by atoms with E-state index in [0.29, 0.717) is 0 Å². The molecule has 0 atom stereocenters. The van der Waals surface area contributed by atoms with Crippen molar-refractivity contribution in [2.24, 2.45) is 0 Å². The zero-order valence-electron chi connectivity index (χ0n) is 8.06. The molecule has 0 fully saturated rings. The first-order valence-corrected chi connectivity index (χ1v) is 5.66. The van der Waals surface area contributed by atoms with Crippen LogP contribution in [0.25, 0.3) is 6.08 Å². The molecule has 4 heteroatoms. The van der Waals surface area contributed by atoms with Gasteiger partial charge in [-0.1, -0.05) is 6.07 Å². The quantitative estimate of drug-likeness (QED) is 0.752. The van der Waals surface area contributed by atoms with Gasteiger partial charge in [-0.2, -0.15) is 0 Å². The van der Waals surface area contributed by atoms with Crippen LogP contribution < -0.4 is 5.32 Å². The third-order valence-corrected chi connectivity index (χ3v) is 3.17. The summed E-state index contributed by atoms with van der Waals surface area (Å²) in [6, 6.07) is 5.92. The van der Waals surface area contributed by atoms with E-state index in [1.54, 1.807) is 6.08 Å². The number of benzene rings is 1. The maximum absolute atomic E-state index is 10.4. The number of fused-ring (bicyclic) bond motifs is 1. The van der Waals surface area contributed by atoms with E-state index >= 15 is 0 Å². The summed E-state index contributed by atoms with van der Waals surface area (Å²) >= 11 is 1.82. The lowest BCUT2D eigenvalue weighted by Gasteiger charge is -2.17. The van der Waals surface area contributed by atoms with Crippen LogP contribution in [0.2, 0.25) is 0 Å². The summed E-state index contributed by atoms with van der Waals surface area (Å²) in [5, 5.41) is 11.8. The summed E-state index contributed by atoms with van der Waals surface area (Å²) in [6.07, 6.45) is 2.75. The molecule has 0 spiro atoms. The zero-order chi connectivity index (χ0) is 10.7. The van der Waals surface area contributed by atoms with E-state index < -0.39 is 5.97 Å². The van der Waals surface area contributed by atoms with E-state index in [-0.39, 0.29) is 0 Å². The summed E-state index contributed by atoms with van der Waals surface area (Å²) in [5.74, 6) is 0.159. The molecule has 1 aromatic carbocycles. The number of carboxylic acids is 1. The van der Waals surface area contributed by atoms with Crippen molar-refractivity contribution in [3.8, 4) is 0 Å². The number of thioether (sulfide) groups is 1. The minimum atomic E-state index is -0.921. The first-order valence-electron chi connectivity index (χ1n) is 4.67. The van der Waals surface area contributed by atoms with Crippen LogP contribution in [0, 0.1) is 0 Å². The number of nitrogens with one attached hydrogen (secondary N) is 1. The van der Waals surface area contributed by atoms with Gasteiger partial charge >= 0.3 is 5.97 Å². The molecule has 0 unspecified atom stereocenters. The fraction of sp³-hybridized carbons (Fsp3) is 0.182. The second-order valence-electron chi connectivity index (χ2n) is 3.20. The van der Waals surface area contributed by atoms with Gasteiger partial charge in [-0.05, 0) is 23.8 Å². The molecular formula is C11H11NO2S. The molecule has 0 amide bonds. The largest absolute Gasteiger partial charge is 0.478 e. The molecule has 0 saturated carbocycles. The molecule has 78 valence electrons. The molecule has 1 aromatic rings. The smallest absolute Gasteiger partial charge is 0.328 e. The molecule has 1 heterocycles. The Labute approximate surface area is 92.2 Å². The Morgan fingerprint density at radius 1 is 1.53 bits per heavy atom. The number of hydrogen-bond donors (Lipinski definition) is 2. The Kier molecular flexibility index (Phi) is 2.97. The molecule has 0 saturated heterocycles. The van der Waals surface area contributed by atoms with Crippen LogP contribution >= 0.6 is 11.8 Å². The van der Waals surface area contributed by atoms with Gasteiger partial charge in [0.25, 0.3) is 0 Å². The lowest BCUT2D eigenvalue weighted by molar-refractivity contribution is -0.131. The van der Waals surface area contributed by atoms with Gasteiger partial charge in [0, 0.05) is 29.0 Å². The summed E-state index contributed by atoms with van der Waals surface area (Å²) in [7, 11) is 0. The number of rotatable bonds is 2. The standard InChI is InChI=1S/C11H11NO2S/c13-11(14)4-2-8-1-3-10-9(7-8)12-5-6-15-10/h1-4,7,12H,5-6H2,(H,13,14)/b4-2+. The average Bonchev–Trinajstić information content (AvgIpc) is 2.26. The number of hydrogen-bond acceptors (Lipinski definition) is 3. The SMILES string of the molecule is O=C(O)/C=C/c1ccc2c(c1)NCCS2. The normalized spacial score (nSPS) is 14.7. The van der Waals surface area contributed by atoms with E-state index in [4.69, 9.17) is 5.11 Å². The molecule has 2 N–H and O–H groups in total. The first kappa shape index (κ1) is 10.1. The first-order chi connectivity index (χ1) is 7.25. The van der Waals surface area contributed by atoms with E-state index in [1.807, 2.05) is 30.0 Å². The molecule has 2 rings (SSSR count). The van der Waals surface area contributed by atoms with Gasteiger partial charge in [-0.3, -0.25) is 0 Å². The molecule has 3 nitrogen and oxygen atoms in total. The molecular weight excluding hydrogens is 210 g/mol. The summed E-state index contributed by atoms with van der Waals surface area (Å²) in [5.41, 5.74) is 2.00. The van der Waals surface area contributed by atoms with Crippen molar-refractivity contribution in [2.45, 2.75) is 4.90 Å². The fourth-order valence-corrected chi connectivity index (χ4v) is 2.30. The lowest BCUT2D eigenvalue weighted by atomic mass is 10.2. The Bertz CT molecular complexity index is 415. The van der Waals surface area contributed by atoms with Gasteiger partial charge in [-0.15, -0.1) is 11.8 Å². The minimum Gasteiger partial charge on any atom is -0.478 e. The highest BCUT2D eigenvalue weighted by Crippen LogP contribution is 2.31. The van der Waals surface area contributed by atoms with Crippen LogP contribution in [0.4, 0.5) is 5.69 Å². The predicted octanol–water partition coefficient (Wildman–Crippen LogP) is 2.30. The Hall–Kier alpha value is -1.42. The van der Waals surface area contributed by atoms with Crippen molar-refractivity contribution in [1.82, 2.24) is 0 Å². The van der Waals surface area contributed by atoms with Crippen molar-refractivity contribution in [3.63, 3.8) is 0 Å². The van der Waals surface area contributed by atoms with Gasteiger partial charge in [0.2, 0.25) is 0 Å². The topological polar surface area (TPSA) is 49.3 Å². The Balaban J connectivity index is 2.24. The molecule has 0 aromatic heterocycles. The molecule has 0 bridgehead atoms. The van der Waals surface area contributed by atoms with Crippen LogP contribution in [0.3, 0.4) is 0 Å². The summed E-state index contributed by atoms with van der Waals surface area (Å²) in [4.78, 5) is 11.6. The fourth-order valence-electron chi connectivity index (χ4n) is 1.43. The maximum Gasteiger partial charge on any atom is 0.328 e. The van der Waals surface area contributed by atoms with Gasteiger partial charge in [0.15, 0.2) is 0 Å². The number of carbonyl (C=O) groups is 1. The maximum atomic E-state index is 10.4. The number of aliphatic carboxylic acids is 1. The monoisotopic (exact) mass is 221 g/mol. The third-order valence-electron chi connectivity index (χ3n) is 2.10. The average molecular weight is 221 g/mol. The molecule has 1 aliphatic rings. The van der Waals surface area contributed by atoms with Crippen molar-refractivity contribution >= 4 is 29.5 Å². The Morgan fingerprint density at radius 3 is 3.20 bits per heavy atom. The lowest BCUT2D eigenvalue weighted by Crippen LogP contribution is -2.09. The van der Waals surface area contributed by atoms with Crippen LogP contribution in [0.1, 0.15) is 5.56 Å². The molecule has 1 aliphatic heterocycles. The van der Waals surface area contributed by atoms with Gasteiger partial charge in [-0.25, -0.2) is 4.79 Å². The number of carboxylic acid groups (broad SMARTS) is 1. The van der Waals surface area contributed by atoms with E-state index in [2.05, 4.69) is 5.32 Å². The highest BCUT2D eigenvalue weighted by atomic mass is 32.2. The van der Waals surface area contributed by atoms with Crippen LogP contribution in [-0.4, -0.2) is 23.4 Å². The molecule has 0 aliphatic carbocycles. The number of anilines is 1. The summed E-state index contributed by atoms with van der Waals surface area (Å²) in [6.45, 7) is 0.962. The van der Waals surface area contributed by atoms with Crippen molar-refractivity contribution < 1.29 is 9.90 Å². The van der Waals surface area contributed by atoms with E-state index in [1.165, 1.54) is 4.90 Å². The van der Waals surface area contributed by atoms with Crippen molar-refractivity contribution in [3.05, 3.63) is 29.8 Å². The Morgan fingerprint density at radius 2 is 2.40 bits per heavy atom. The van der Waals surface area contributed by atoms with E-state index in [9.17, 15) is 4.79 Å². The second kappa shape index (κ2) is 4.40. The molecule has 15 heavy (non-hydrogen) atoms. The van der Waals surface area contributed by atoms with Crippen LogP contribution in [0.5, 0.6) is 0 Å². The van der Waals surface area contributed by atoms with Crippen molar-refractivity contribution in [2.75, 3.05) is 17.6 Å². The van der Waals surface area contributed by atoms with Crippen LogP contribution in [-0.2, 0) is 4.79 Å². The van der Waals surface area contributed by atoms with Gasteiger partial charge < -0.3 is 10.4 Å². The highest BCUT2D eigenvalue weighted by molar-refractivity contribution is 7.99. The van der Waals surface area contributed by atoms with E-state index in [0.717, 1.165) is 29.6 Å².